The van der Waals surface area contributed by atoms with Gasteiger partial charge in [0.2, 0.25) is 0 Å². The third-order valence-corrected chi connectivity index (χ3v) is 7.93. The fourth-order valence-electron chi connectivity index (χ4n) is 6.31. The van der Waals surface area contributed by atoms with Crippen LogP contribution in [0.5, 0.6) is 5.75 Å². The maximum absolute atomic E-state index is 12.6. The van der Waals surface area contributed by atoms with Crippen LogP contribution in [-0.2, 0) is 12.8 Å². The molecular formula is C26H36F2O. The Balaban J connectivity index is 1.32. The van der Waals surface area contributed by atoms with Gasteiger partial charge in [-0.2, -0.15) is 8.78 Å². The van der Waals surface area contributed by atoms with Crippen LogP contribution in [0.2, 0.25) is 0 Å². The monoisotopic (exact) mass is 402 g/mol. The van der Waals surface area contributed by atoms with E-state index in [2.05, 4.69) is 25.1 Å². The van der Waals surface area contributed by atoms with Crippen molar-refractivity contribution in [1.82, 2.24) is 0 Å². The number of allylic oxidation sites excluding steroid dienone is 1. The first-order valence-electron chi connectivity index (χ1n) is 11.9. The standard InChI is InChI=1S/C26H36F2O/c1-2-3-12-29-25-11-10-23-16-22(8-9-24(23)17-25)21-7-6-19-13-18(14-26(27)28)4-5-20(19)15-21/h10-11,14,17-22H,2-9,12-13,15-16H2,1H3/t18-,19?,20-,21?,22?/m1/s1. The number of benzene rings is 1. The van der Waals surface area contributed by atoms with E-state index in [0.717, 1.165) is 55.8 Å². The van der Waals surface area contributed by atoms with Crippen molar-refractivity contribution < 1.29 is 13.5 Å². The first-order chi connectivity index (χ1) is 14.1. The molecule has 4 rings (SSSR count). The molecule has 0 amide bonds. The molecule has 3 aliphatic rings. The molecule has 3 aliphatic carbocycles. The molecule has 1 aromatic rings. The maximum Gasteiger partial charge on any atom is 0.266 e. The minimum absolute atomic E-state index is 0.119. The van der Waals surface area contributed by atoms with E-state index in [1.807, 2.05) is 0 Å². The zero-order valence-electron chi connectivity index (χ0n) is 17.8. The van der Waals surface area contributed by atoms with Gasteiger partial charge in [0, 0.05) is 0 Å². The number of halogens is 2. The summed E-state index contributed by atoms with van der Waals surface area (Å²) in [7, 11) is 0. The van der Waals surface area contributed by atoms with Gasteiger partial charge in [0.25, 0.3) is 6.08 Å². The Morgan fingerprint density at radius 2 is 1.72 bits per heavy atom. The minimum atomic E-state index is -1.48. The van der Waals surface area contributed by atoms with Crippen molar-refractivity contribution in [3.8, 4) is 5.75 Å². The highest BCUT2D eigenvalue weighted by Crippen LogP contribution is 2.48. The van der Waals surface area contributed by atoms with Crippen molar-refractivity contribution in [3.05, 3.63) is 41.5 Å². The van der Waals surface area contributed by atoms with Gasteiger partial charge in [-0.3, -0.25) is 0 Å². The van der Waals surface area contributed by atoms with Gasteiger partial charge in [-0.05, 0) is 123 Å². The first-order valence-corrected chi connectivity index (χ1v) is 11.9. The second-order valence-corrected chi connectivity index (χ2v) is 9.76. The highest BCUT2D eigenvalue weighted by atomic mass is 19.3. The molecule has 0 bridgehead atoms. The van der Waals surface area contributed by atoms with Crippen LogP contribution in [-0.4, -0.2) is 6.61 Å². The average molecular weight is 403 g/mol. The molecule has 0 aliphatic heterocycles. The SMILES string of the molecule is CCCCOc1ccc2c(c1)CCC(C1CCC3C[C@H](C=C(F)F)CC[C@@H]3C1)C2. The van der Waals surface area contributed by atoms with Crippen molar-refractivity contribution in [3.63, 3.8) is 0 Å². The van der Waals surface area contributed by atoms with Gasteiger partial charge in [0.15, 0.2) is 0 Å². The molecule has 5 atom stereocenters. The third-order valence-electron chi connectivity index (χ3n) is 7.93. The number of aryl methyl sites for hydroxylation is 1. The third kappa shape index (κ3) is 5.22. The van der Waals surface area contributed by atoms with Gasteiger partial charge >= 0.3 is 0 Å². The van der Waals surface area contributed by atoms with E-state index in [1.165, 1.54) is 62.1 Å². The van der Waals surface area contributed by atoms with E-state index in [-0.39, 0.29) is 5.92 Å². The molecular weight excluding hydrogens is 366 g/mol. The van der Waals surface area contributed by atoms with Gasteiger partial charge in [-0.1, -0.05) is 19.4 Å². The predicted molar refractivity (Wildman–Crippen MR) is 114 cm³/mol. The lowest BCUT2D eigenvalue weighted by atomic mass is 9.61. The van der Waals surface area contributed by atoms with E-state index in [9.17, 15) is 8.78 Å². The number of unbranched alkanes of at least 4 members (excludes halogenated alkanes) is 1. The Morgan fingerprint density at radius 1 is 0.966 bits per heavy atom. The first kappa shape index (κ1) is 20.9. The molecule has 29 heavy (non-hydrogen) atoms. The van der Waals surface area contributed by atoms with E-state index in [4.69, 9.17) is 4.74 Å². The topological polar surface area (TPSA) is 9.23 Å². The normalized spacial score (nSPS) is 31.5. The van der Waals surface area contributed by atoms with Crippen molar-refractivity contribution in [2.45, 2.75) is 77.6 Å². The van der Waals surface area contributed by atoms with Crippen molar-refractivity contribution in [2.75, 3.05) is 6.61 Å². The Hall–Kier alpha value is -1.38. The number of ether oxygens (including phenoxy) is 1. The molecule has 1 aromatic carbocycles. The largest absolute Gasteiger partial charge is 0.494 e. The molecule has 0 heterocycles. The predicted octanol–water partition coefficient (Wildman–Crippen LogP) is 7.58. The number of hydrogen-bond donors (Lipinski definition) is 0. The van der Waals surface area contributed by atoms with Crippen molar-refractivity contribution >= 4 is 0 Å². The summed E-state index contributed by atoms with van der Waals surface area (Å²) in [5, 5.41) is 0. The van der Waals surface area contributed by atoms with Crippen LogP contribution in [0.15, 0.2) is 30.4 Å². The van der Waals surface area contributed by atoms with E-state index in [0.29, 0.717) is 5.92 Å². The quantitative estimate of drug-likeness (QED) is 0.446. The van der Waals surface area contributed by atoms with Crippen LogP contribution < -0.4 is 4.74 Å². The Labute approximate surface area is 174 Å². The van der Waals surface area contributed by atoms with Gasteiger partial charge in [-0.25, -0.2) is 0 Å². The number of fused-ring (bicyclic) bond motifs is 2. The molecule has 0 aromatic heterocycles. The van der Waals surface area contributed by atoms with Crippen LogP contribution in [0.3, 0.4) is 0 Å². The molecule has 0 N–H and O–H groups in total. The fraction of sp³-hybridized carbons (Fsp3) is 0.692. The van der Waals surface area contributed by atoms with Crippen molar-refractivity contribution in [2.24, 2.45) is 29.6 Å². The van der Waals surface area contributed by atoms with Crippen LogP contribution in [0.4, 0.5) is 8.78 Å². The molecule has 0 saturated heterocycles. The Bertz CT molecular complexity index is 709. The summed E-state index contributed by atoms with van der Waals surface area (Å²) >= 11 is 0. The second-order valence-electron chi connectivity index (χ2n) is 9.76. The lowest BCUT2D eigenvalue weighted by molar-refractivity contribution is 0.0802. The average Bonchev–Trinajstić information content (AvgIpc) is 2.73. The summed E-state index contributed by atoms with van der Waals surface area (Å²) in [6.45, 7) is 3.01. The van der Waals surface area contributed by atoms with E-state index < -0.39 is 6.08 Å². The summed E-state index contributed by atoms with van der Waals surface area (Å²) in [4.78, 5) is 0. The zero-order chi connectivity index (χ0) is 20.2. The second kappa shape index (κ2) is 9.62. The Kier molecular flexibility index (Phi) is 6.92. The fourth-order valence-corrected chi connectivity index (χ4v) is 6.31. The summed E-state index contributed by atoms with van der Waals surface area (Å²) in [6, 6.07) is 6.74. The molecule has 2 saturated carbocycles. The van der Waals surface area contributed by atoms with Crippen LogP contribution in [0, 0.1) is 29.6 Å². The summed E-state index contributed by atoms with van der Waals surface area (Å²) in [5.74, 6) is 4.24. The summed E-state index contributed by atoms with van der Waals surface area (Å²) in [5.41, 5.74) is 3.02. The molecule has 1 nitrogen and oxygen atoms in total. The molecule has 160 valence electrons. The highest BCUT2D eigenvalue weighted by Gasteiger charge is 2.38. The summed E-state index contributed by atoms with van der Waals surface area (Å²) < 4.78 is 31.1. The lowest BCUT2D eigenvalue weighted by Crippen LogP contribution is -2.34. The van der Waals surface area contributed by atoms with Gasteiger partial charge in [0.1, 0.15) is 5.75 Å². The van der Waals surface area contributed by atoms with Crippen LogP contribution >= 0.6 is 0 Å². The van der Waals surface area contributed by atoms with E-state index >= 15 is 0 Å². The molecule has 0 spiro atoms. The van der Waals surface area contributed by atoms with Gasteiger partial charge < -0.3 is 4.74 Å². The number of hydrogen-bond acceptors (Lipinski definition) is 1. The van der Waals surface area contributed by atoms with Gasteiger partial charge in [-0.15, -0.1) is 0 Å². The molecule has 3 unspecified atom stereocenters. The molecule has 2 fully saturated rings. The van der Waals surface area contributed by atoms with Crippen LogP contribution in [0.25, 0.3) is 0 Å². The smallest absolute Gasteiger partial charge is 0.266 e. The summed E-state index contributed by atoms with van der Waals surface area (Å²) in [6.07, 6.45) is 12.7. The Morgan fingerprint density at radius 3 is 2.52 bits per heavy atom. The van der Waals surface area contributed by atoms with Crippen molar-refractivity contribution in [1.29, 1.82) is 0 Å². The molecule has 0 radical (unpaired) electrons. The van der Waals surface area contributed by atoms with E-state index in [1.54, 1.807) is 0 Å². The lowest BCUT2D eigenvalue weighted by Gasteiger charge is -2.44. The number of rotatable bonds is 6. The van der Waals surface area contributed by atoms with Gasteiger partial charge in [0.05, 0.1) is 6.61 Å². The van der Waals surface area contributed by atoms with Crippen LogP contribution in [0.1, 0.15) is 75.8 Å². The molecule has 3 heteroatoms. The minimum Gasteiger partial charge on any atom is -0.494 e. The zero-order valence-corrected chi connectivity index (χ0v) is 17.8. The highest BCUT2D eigenvalue weighted by molar-refractivity contribution is 5.37. The maximum atomic E-state index is 12.6.